The number of ether oxygens (including phenoxy) is 1. The Hall–Kier alpha value is -3.20. The molecule has 0 unspecified atom stereocenters. The van der Waals surface area contributed by atoms with Crippen LogP contribution in [-0.2, 0) is 39.1 Å². The summed E-state index contributed by atoms with van der Waals surface area (Å²) in [4.78, 5) is 54.2. The lowest BCUT2D eigenvalue weighted by atomic mass is 9.76. The Bertz CT molecular complexity index is 1220. The zero-order valence-electron chi connectivity index (χ0n) is 19.9. The molecule has 3 aliphatic rings. The van der Waals surface area contributed by atoms with Crippen molar-refractivity contribution in [3.8, 4) is 0 Å². The lowest BCUT2D eigenvalue weighted by Crippen LogP contribution is -2.47. The van der Waals surface area contributed by atoms with E-state index in [-0.39, 0.29) is 6.61 Å². The third-order valence-corrected chi connectivity index (χ3v) is 8.37. The summed E-state index contributed by atoms with van der Waals surface area (Å²) in [6, 6.07) is 7.05. The third kappa shape index (κ3) is 4.01. The molecule has 4 amide bonds. The van der Waals surface area contributed by atoms with Crippen molar-refractivity contribution >= 4 is 40.2 Å². The van der Waals surface area contributed by atoms with Crippen molar-refractivity contribution < 1.29 is 23.9 Å². The number of carbonyl (C=O) groups is 4. The number of anilines is 1. The van der Waals surface area contributed by atoms with Crippen LogP contribution in [0.1, 0.15) is 65.0 Å². The Labute approximate surface area is 208 Å². The van der Waals surface area contributed by atoms with Crippen LogP contribution in [0.4, 0.5) is 9.80 Å². The lowest BCUT2D eigenvalue weighted by Gasteiger charge is -2.33. The van der Waals surface area contributed by atoms with E-state index in [1.165, 1.54) is 11.3 Å². The summed E-state index contributed by atoms with van der Waals surface area (Å²) >= 11 is 1.38. The van der Waals surface area contributed by atoms with E-state index in [2.05, 4.69) is 17.6 Å². The van der Waals surface area contributed by atoms with E-state index in [4.69, 9.17) is 4.74 Å². The molecule has 5 rings (SSSR count). The predicted molar refractivity (Wildman–Crippen MR) is 131 cm³/mol. The molecule has 35 heavy (non-hydrogen) atoms. The maximum Gasteiger partial charge on any atom is 0.341 e. The highest BCUT2D eigenvalue weighted by Gasteiger charge is 2.54. The number of imide groups is 1. The highest BCUT2D eigenvalue weighted by molar-refractivity contribution is 7.17. The molecule has 0 saturated carbocycles. The molecule has 2 aromatic rings. The average molecular weight is 496 g/mol. The van der Waals surface area contributed by atoms with Crippen molar-refractivity contribution in [1.82, 2.24) is 10.2 Å². The van der Waals surface area contributed by atoms with Gasteiger partial charge >= 0.3 is 12.0 Å². The van der Waals surface area contributed by atoms with Gasteiger partial charge in [0.25, 0.3) is 5.91 Å². The first-order chi connectivity index (χ1) is 16.8. The second kappa shape index (κ2) is 9.11. The number of fused-ring (bicyclic) bond motifs is 3. The molecule has 8 nitrogen and oxygen atoms in total. The van der Waals surface area contributed by atoms with E-state index in [0.717, 1.165) is 58.6 Å². The number of nitrogens with zero attached hydrogens (tertiary/aromatic N) is 1. The zero-order chi connectivity index (χ0) is 24.7. The first-order valence-corrected chi connectivity index (χ1v) is 13.0. The number of hydrogen-bond acceptors (Lipinski definition) is 6. The largest absolute Gasteiger partial charge is 0.462 e. The molecule has 1 fully saturated rings. The molecule has 9 heteroatoms. The van der Waals surface area contributed by atoms with Gasteiger partial charge in [0.05, 0.1) is 12.2 Å². The normalized spacial score (nSPS) is 23.0. The van der Waals surface area contributed by atoms with Crippen LogP contribution in [0.15, 0.2) is 24.3 Å². The summed E-state index contributed by atoms with van der Waals surface area (Å²) < 4.78 is 5.27. The molecular formula is C26H29N3O5S. The van der Waals surface area contributed by atoms with E-state index in [9.17, 15) is 19.2 Å². The summed E-state index contributed by atoms with van der Waals surface area (Å²) in [6.45, 7) is 3.73. The molecule has 2 aliphatic carbocycles. The standard InChI is InChI=1S/C26H29N3O5S/c1-3-34-23(31)21-17-11-10-15(2)13-19(17)35-22(21)27-20(30)14-29-24(32)26(28-25(29)33)12-6-8-16-7-4-5-9-18(16)26/h4-5,7,9,15H,3,6,8,10-14H2,1-2H3,(H,27,30)(H,28,33)/t15-,26+/m1/s1. The van der Waals surface area contributed by atoms with E-state index in [0.29, 0.717) is 22.9 Å². The van der Waals surface area contributed by atoms with Crippen LogP contribution in [0.25, 0.3) is 0 Å². The fourth-order valence-corrected chi connectivity index (χ4v) is 6.94. The molecule has 1 aromatic carbocycles. The number of esters is 1. The molecular weight excluding hydrogens is 466 g/mol. The summed E-state index contributed by atoms with van der Waals surface area (Å²) in [5.41, 5.74) is 2.06. The zero-order valence-corrected chi connectivity index (χ0v) is 20.8. The van der Waals surface area contributed by atoms with Crippen molar-refractivity contribution in [3.05, 3.63) is 51.4 Å². The minimum atomic E-state index is -1.12. The maximum absolute atomic E-state index is 13.5. The minimum absolute atomic E-state index is 0.235. The Morgan fingerprint density at radius 3 is 2.86 bits per heavy atom. The van der Waals surface area contributed by atoms with E-state index >= 15 is 0 Å². The average Bonchev–Trinajstić information content (AvgIpc) is 3.29. The quantitative estimate of drug-likeness (QED) is 0.485. The Balaban J connectivity index is 1.38. The van der Waals surface area contributed by atoms with E-state index in [1.54, 1.807) is 6.92 Å². The van der Waals surface area contributed by atoms with Crippen molar-refractivity contribution in [2.75, 3.05) is 18.5 Å². The lowest BCUT2D eigenvalue weighted by molar-refractivity contribution is -0.134. The maximum atomic E-state index is 13.5. The van der Waals surface area contributed by atoms with Crippen LogP contribution in [0.5, 0.6) is 0 Å². The number of amides is 4. The van der Waals surface area contributed by atoms with Gasteiger partial charge < -0.3 is 15.4 Å². The molecule has 1 aromatic heterocycles. The van der Waals surface area contributed by atoms with Gasteiger partial charge in [-0.3, -0.25) is 14.5 Å². The van der Waals surface area contributed by atoms with Gasteiger partial charge in [-0.2, -0.15) is 0 Å². The predicted octanol–water partition coefficient (Wildman–Crippen LogP) is 3.77. The van der Waals surface area contributed by atoms with Crippen LogP contribution >= 0.6 is 11.3 Å². The number of aryl methyl sites for hydroxylation is 1. The molecule has 0 radical (unpaired) electrons. The number of hydrogen-bond donors (Lipinski definition) is 2. The molecule has 2 heterocycles. The second-order valence-electron chi connectivity index (χ2n) is 9.56. The molecule has 1 aliphatic heterocycles. The molecule has 0 bridgehead atoms. The molecule has 2 atom stereocenters. The first kappa shape index (κ1) is 23.5. The minimum Gasteiger partial charge on any atom is -0.462 e. The fourth-order valence-electron chi connectivity index (χ4n) is 5.52. The molecule has 1 saturated heterocycles. The van der Waals surface area contributed by atoms with Gasteiger partial charge in [-0.05, 0) is 68.1 Å². The van der Waals surface area contributed by atoms with Crippen LogP contribution < -0.4 is 10.6 Å². The monoisotopic (exact) mass is 495 g/mol. The number of urea groups is 1. The van der Waals surface area contributed by atoms with Gasteiger partial charge in [-0.25, -0.2) is 9.59 Å². The van der Waals surface area contributed by atoms with Gasteiger partial charge in [-0.15, -0.1) is 11.3 Å². The Kier molecular flexibility index (Phi) is 6.13. The number of rotatable bonds is 5. The SMILES string of the molecule is CCOC(=O)c1c(NC(=O)CN2C(=O)N[C@]3(CCCc4ccccc43)C2=O)sc2c1CC[C@@H](C)C2. The summed E-state index contributed by atoms with van der Waals surface area (Å²) in [5.74, 6) is -0.885. The summed E-state index contributed by atoms with van der Waals surface area (Å²) in [6.07, 6.45) is 4.68. The van der Waals surface area contributed by atoms with Crippen LogP contribution in [-0.4, -0.2) is 41.9 Å². The molecule has 184 valence electrons. The van der Waals surface area contributed by atoms with Gasteiger partial charge in [0.15, 0.2) is 0 Å². The van der Waals surface area contributed by atoms with E-state index in [1.807, 2.05) is 24.3 Å². The van der Waals surface area contributed by atoms with Crippen molar-refractivity contribution in [2.24, 2.45) is 5.92 Å². The highest BCUT2D eigenvalue weighted by Crippen LogP contribution is 2.41. The van der Waals surface area contributed by atoms with Crippen molar-refractivity contribution in [3.63, 3.8) is 0 Å². The first-order valence-electron chi connectivity index (χ1n) is 12.2. The number of thiophene rings is 1. The highest BCUT2D eigenvalue weighted by atomic mass is 32.1. The van der Waals surface area contributed by atoms with Crippen LogP contribution in [0.3, 0.4) is 0 Å². The number of carbonyl (C=O) groups excluding carboxylic acids is 4. The van der Waals surface area contributed by atoms with Crippen LogP contribution in [0, 0.1) is 5.92 Å². The van der Waals surface area contributed by atoms with Gasteiger partial charge in [0, 0.05) is 4.88 Å². The van der Waals surface area contributed by atoms with Crippen molar-refractivity contribution in [1.29, 1.82) is 0 Å². The Morgan fingerprint density at radius 1 is 1.26 bits per heavy atom. The van der Waals surface area contributed by atoms with Gasteiger partial charge in [0.2, 0.25) is 5.91 Å². The summed E-state index contributed by atoms with van der Waals surface area (Å²) in [7, 11) is 0. The van der Waals surface area contributed by atoms with Gasteiger partial charge in [-0.1, -0.05) is 31.2 Å². The Morgan fingerprint density at radius 2 is 2.06 bits per heavy atom. The van der Waals surface area contributed by atoms with Gasteiger partial charge in [0.1, 0.15) is 17.1 Å². The number of nitrogens with one attached hydrogen (secondary N) is 2. The number of benzene rings is 1. The smallest absolute Gasteiger partial charge is 0.341 e. The van der Waals surface area contributed by atoms with Crippen molar-refractivity contribution in [2.45, 2.75) is 57.9 Å². The third-order valence-electron chi connectivity index (χ3n) is 7.20. The molecule has 1 spiro atoms. The summed E-state index contributed by atoms with van der Waals surface area (Å²) in [5, 5.41) is 6.10. The second-order valence-corrected chi connectivity index (χ2v) is 10.7. The topological polar surface area (TPSA) is 105 Å². The molecule has 2 N–H and O–H groups in total. The van der Waals surface area contributed by atoms with Crippen LogP contribution in [0.2, 0.25) is 0 Å². The fraction of sp³-hybridized carbons (Fsp3) is 0.462. The van der Waals surface area contributed by atoms with E-state index < -0.39 is 35.9 Å².